The third-order valence-corrected chi connectivity index (χ3v) is 7.56. The molecular formula is C26H32F2N2O6S. The smallest absolute Gasteiger partial charge is 0.408 e. The van der Waals surface area contributed by atoms with Crippen molar-refractivity contribution in [2.24, 2.45) is 5.92 Å². The van der Waals surface area contributed by atoms with E-state index in [1.54, 1.807) is 50.2 Å². The second-order valence-electron chi connectivity index (χ2n) is 9.35. The number of carbonyl (C=O) groups excluding carboxylic acids is 2. The lowest BCUT2D eigenvalue weighted by molar-refractivity contribution is -0.146. The lowest BCUT2D eigenvalue weighted by atomic mass is 9.98. The molecule has 1 aliphatic rings. The van der Waals surface area contributed by atoms with Crippen LogP contribution in [0.15, 0.2) is 65.6 Å². The Labute approximate surface area is 216 Å². The first-order chi connectivity index (χ1) is 17.5. The highest BCUT2D eigenvalue weighted by Crippen LogP contribution is 2.26. The van der Waals surface area contributed by atoms with E-state index in [1.165, 1.54) is 24.3 Å². The van der Waals surface area contributed by atoms with E-state index in [4.69, 9.17) is 9.47 Å². The molecule has 8 nitrogen and oxygen atoms in total. The van der Waals surface area contributed by atoms with Crippen molar-refractivity contribution in [2.45, 2.75) is 49.7 Å². The van der Waals surface area contributed by atoms with Crippen molar-refractivity contribution in [1.29, 1.82) is 0 Å². The number of alkyl halides is 2. The van der Waals surface area contributed by atoms with Crippen LogP contribution in [0.25, 0.3) is 0 Å². The fourth-order valence-corrected chi connectivity index (χ4v) is 5.57. The van der Waals surface area contributed by atoms with Gasteiger partial charge in [0.05, 0.1) is 24.7 Å². The van der Waals surface area contributed by atoms with Crippen molar-refractivity contribution in [3.8, 4) is 0 Å². The summed E-state index contributed by atoms with van der Waals surface area (Å²) in [5.74, 6) is -5.99. The summed E-state index contributed by atoms with van der Waals surface area (Å²) >= 11 is 0. The summed E-state index contributed by atoms with van der Waals surface area (Å²) in [6, 6.07) is 13.9. The summed E-state index contributed by atoms with van der Waals surface area (Å²) in [6.07, 6.45) is -1.31. The van der Waals surface area contributed by atoms with Gasteiger partial charge in [0.1, 0.15) is 12.1 Å². The number of ketones is 1. The van der Waals surface area contributed by atoms with Crippen molar-refractivity contribution in [1.82, 2.24) is 9.62 Å². The average Bonchev–Trinajstić information content (AvgIpc) is 3.36. The van der Waals surface area contributed by atoms with Gasteiger partial charge in [-0.1, -0.05) is 62.4 Å². The number of benzene rings is 2. The minimum atomic E-state index is -4.31. The van der Waals surface area contributed by atoms with Gasteiger partial charge in [-0.05, 0) is 23.6 Å². The van der Waals surface area contributed by atoms with Crippen molar-refractivity contribution < 1.29 is 36.3 Å². The summed E-state index contributed by atoms with van der Waals surface area (Å²) < 4.78 is 68.4. The first-order valence-electron chi connectivity index (χ1n) is 12.0. The molecule has 1 heterocycles. The molecule has 0 aliphatic carbocycles. The number of alkyl carbamates (subject to hydrolysis) is 1. The molecule has 2 aromatic carbocycles. The Hall–Kier alpha value is -2.89. The Bertz CT molecular complexity index is 1140. The molecule has 0 aromatic heterocycles. The maximum atomic E-state index is 15.5. The fourth-order valence-electron chi connectivity index (χ4n) is 3.94. The highest BCUT2D eigenvalue weighted by atomic mass is 32.2. The number of nitrogens with one attached hydrogen (secondary N) is 1. The topological polar surface area (TPSA) is 102 Å². The van der Waals surface area contributed by atoms with Gasteiger partial charge in [0, 0.05) is 19.4 Å². The van der Waals surface area contributed by atoms with Crippen LogP contribution in [0, 0.1) is 5.92 Å². The normalized spacial score (nSPS) is 17.1. The first kappa shape index (κ1) is 28.7. The van der Waals surface area contributed by atoms with Gasteiger partial charge < -0.3 is 14.8 Å². The minimum Gasteiger partial charge on any atom is -0.444 e. The Morgan fingerprint density at radius 3 is 2.30 bits per heavy atom. The second kappa shape index (κ2) is 12.6. The van der Waals surface area contributed by atoms with Crippen molar-refractivity contribution in [2.75, 3.05) is 26.3 Å². The quantitative estimate of drug-likeness (QED) is 0.443. The summed E-state index contributed by atoms with van der Waals surface area (Å²) in [6.45, 7) is 2.39. The van der Waals surface area contributed by atoms with E-state index in [1.807, 2.05) is 0 Å². The van der Waals surface area contributed by atoms with E-state index in [0.717, 1.165) is 0 Å². The van der Waals surface area contributed by atoms with Crippen LogP contribution < -0.4 is 5.32 Å². The van der Waals surface area contributed by atoms with E-state index < -0.39 is 46.5 Å². The lowest BCUT2D eigenvalue weighted by Crippen LogP contribution is -2.54. The molecular weight excluding hydrogens is 506 g/mol. The van der Waals surface area contributed by atoms with Gasteiger partial charge in [-0.15, -0.1) is 0 Å². The number of Topliss-reactive ketones (excluding diaryl/α,β-unsaturated/α-hetero) is 1. The van der Waals surface area contributed by atoms with E-state index in [0.29, 0.717) is 22.9 Å². The third kappa shape index (κ3) is 8.05. The van der Waals surface area contributed by atoms with E-state index in [2.05, 4.69) is 5.32 Å². The predicted octanol–water partition coefficient (Wildman–Crippen LogP) is 3.66. The number of hydrogen-bond donors (Lipinski definition) is 1. The second-order valence-corrected chi connectivity index (χ2v) is 11.3. The molecule has 0 spiro atoms. The van der Waals surface area contributed by atoms with Gasteiger partial charge >= 0.3 is 12.0 Å². The van der Waals surface area contributed by atoms with Gasteiger partial charge in [0.15, 0.2) is 0 Å². The zero-order valence-electron chi connectivity index (χ0n) is 20.8. The van der Waals surface area contributed by atoms with E-state index >= 15 is 8.78 Å². The third-order valence-electron chi connectivity index (χ3n) is 5.74. The summed E-state index contributed by atoms with van der Waals surface area (Å²) in [7, 11) is -4.31. The molecule has 0 radical (unpaired) electrons. The fraction of sp³-hybridized carbons (Fsp3) is 0.462. The summed E-state index contributed by atoms with van der Waals surface area (Å²) in [5, 5.41) is 2.27. The average molecular weight is 539 g/mol. The van der Waals surface area contributed by atoms with Gasteiger partial charge in [-0.2, -0.15) is 13.1 Å². The molecule has 0 bridgehead atoms. The molecule has 11 heteroatoms. The number of amides is 1. The molecule has 1 saturated heterocycles. The monoisotopic (exact) mass is 538 g/mol. The Kier molecular flexibility index (Phi) is 9.74. The van der Waals surface area contributed by atoms with Gasteiger partial charge in [0.2, 0.25) is 15.8 Å². The van der Waals surface area contributed by atoms with Gasteiger partial charge in [-0.3, -0.25) is 4.79 Å². The zero-order chi connectivity index (χ0) is 27.1. The maximum absolute atomic E-state index is 15.5. The number of nitrogens with zero attached hydrogens (tertiary/aromatic N) is 1. The molecule has 0 saturated carbocycles. The van der Waals surface area contributed by atoms with Crippen molar-refractivity contribution >= 4 is 21.9 Å². The van der Waals surface area contributed by atoms with Crippen LogP contribution in [0.4, 0.5) is 13.6 Å². The molecule has 3 rings (SSSR count). The number of rotatable bonds is 12. The molecule has 202 valence electrons. The molecule has 1 aliphatic heterocycles. The predicted molar refractivity (Wildman–Crippen MR) is 133 cm³/mol. The molecule has 1 fully saturated rings. The standard InChI is InChI=1S/C26H32F2N2O6S/c1-19(2)16-30(37(33,34)22-11-7-4-8-12-22)18-26(27,28)24(31)23(15-20-9-5-3-6-10-20)29-25(32)36-21-13-14-35-17-21/h3-12,19,21,23H,13-18H2,1-2H3,(H,29,32)/t21-,23-/m0/s1. The van der Waals surface area contributed by atoms with Crippen molar-refractivity contribution in [3.05, 3.63) is 66.2 Å². The van der Waals surface area contributed by atoms with Crippen LogP contribution in [0.1, 0.15) is 25.8 Å². The zero-order valence-corrected chi connectivity index (χ0v) is 21.6. The number of sulfonamides is 1. The lowest BCUT2D eigenvalue weighted by Gasteiger charge is -2.29. The SMILES string of the molecule is CC(C)CN(CC(F)(F)C(=O)[C@H](Cc1ccccc1)NC(=O)O[C@H]1CCOC1)S(=O)(=O)c1ccccc1. The van der Waals surface area contributed by atoms with Gasteiger partial charge in [-0.25, -0.2) is 13.2 Å². The molecule has 2 atom stereocenters. The number of halogens is 2. The van der Waals surface area contributed by atoms with E-state index in [9.17, 15) is 18.0 Å². The first-order valence-corrected chi connectivity index (χ1v) is 13.5. The maximum Gasteiger partial charge on any atom is 0.408 e. The Morgan fingerprint density at radius 2 is 1.73 bits per heavy atom. The summed E-state index contributed by atoms with van der Waals surface area (Å²) in [5.41, 5.74) is 0.539. The van der Waals surface area contributed by atoms with Crippen LogP contribution in [-0.2, 0) is 30.7 Å². The highest BCUT2D eigenvalue weighted by molar-refractivity contribution is 7.89. The van der Waals surface area contributed by atoms with E-state index in [-0.39, 0.29) is 30.4 Å². The number of hydrogen-bond acceptors (Lipinski definition) is 6. The van der Waals surface area contributed by atoms with Crippen LogP contribution >= 0.6 is 0 Å². The molecule has 0 unspecified atom stereocenters. The molecule has 2 aromatic rings. The van der Waals surface area contributed by atoms with Crippen LogP contribution in [-0.4, -0.2) is 69.0 Å². The molecule has 1 N–H and O–H groups in total. The van der Waals surface area contributed by atoms with Crippen LogP contribution in [0.5, 0.6) is 0 Å². The van der Waals surface area contributed by atoms with Crippen LogP contribution in [0.3, 0.4) is 0 Å². The van der Waals surface area contributed by atoms with Crippen molar-refractivity contribution in [3.63, 3.8) is 0 Å². The molecule has 1 amide bonds. The highest BCUT2D eigenvalue weighted by Gasteiger charge is 2.47. The summed E-state index contributed by atoms with van der Waals surface area (Å²) in [4.78, 5) is 25.5. The molecule has 37 heavy (non-hydrogen) atoms. The van der Waals surface area contributed by atoms with Crippen LogP contribution in [0.2, 0.25) is 0 Å². The Morgan fingerprint density at radius 1 is 1.11 bits per heavy atom. The minimum absolute atomic E-state index is 0.153. The van der Waals surface area contributed by atoms with Gasteiger partial charge in [0.25, 0.3) is 0 Å². The Balaban J connectivity index is 1.84. The number of ether oxygens (including phenoxy) is 2. The number of carbonyl (C=O) groups is 2. The largest absolute Gasteiger partial charge is 0.444 e.